The van der Waals surface area contributed by atoms with Gasteiger partial charge in [-0.05, 0) is 30.5 Å². The number of thioether (sulfide) groups is 1. The van der Waals surface area contributed by atoms with Crippen LogP contribution in [0.3, 0.4) is 0 Å². The molecule has 2 fully saturated rings. The van der Waals surface area contributed by atoms with Crippen molar-refractivity contribution in [2.45, 2.75) is 37.7 Å². The lowest BCUT2D eigenvalue weighted by Crippen LogP contribution is -2.49. The monoisotopic (exact) mass is 507 g/mol. The van der Waals surface area contributed by atoms with Gasteiger partial charge in [0.2, 0.25) is 11.8 Å². The summed E-state index contributed by atoms with van der Waals surface area (Å²) in [7, 11) is 0. The quantitative estimate of drug-likeness (QED) is 0.419. The third kappa shape index (κ3) is 7.39. The van der Waals surface area contributed by atoms with Crippen LogP contribution in [-0.4, -0.2) is 93.2 Å². The van der Waals surface area contributed by atoms with Crippen LogP contribution in [0.15, 0.2) is 24.3 Å². The number of rotatable bonds is 7. The van der Waals surface area contributed by atoms with Crippen LogP contribution in [0.25, 0.3) is 0 Å². The van der Waals surface area contributed by atoms with Crippen LogP contribution in [0.5, 0.6) is 0 Å². The minimum absolute atomic E-state index is 0.0683. The van der Waals surface area contributed by atoms with E-state index in [1.807, 2.05) is 4.90 Å². The largest absolute Gasteiger partial charge is 0.445 e. The van der Waals surface area contributed by atoms with E-state index in [0.29, 0.717) is 44.6 Å². The molecule has 1 aromatic carbocycles. The Hall–Kier alpha value is -3.19. The van der Waals surface area contributed by atoms with Crippen molar-refractivity contribution in [2.24, 2.45) is 5.73 Å². The number of carbonyl (C=O) groups is 4. The third-order valence-electron chi connectivity index (χ3n) is 5.90. The molecule has 3 rings (SSSR count). The average Bonchev–Trinajstić information content (AvgIpc) is 3.07. The van der Waals surface area contributed by atoms with Crippen molar-refractivity contribution in [1.82, 2.24) is 14.7 Å². The fourth-order valence-electron chi connectivity index (χ4n) is 4.28. The van der Waals surface area contributed by atoms with Gasteiger partial charge >= 0.3 is 6.09 Å². The van der Waals surface area contributed by atoms with E-state index in [4.69, 9.17) is 10.5 Å². The lowest BCUT2D eigenvalue weighted by molar-refractivity contribution is -0.384. The normalized spacial score (nSPS) is 20.8. The van der Waals surface area contributed by atoms with Crippen molar-refractivity contribution in [2.75, 3.05) is 39.3 Å². The number of hydrogen-bond acceptors (Lipinski definition) is 9. The Morgan fingerprint density at radius 3 is 2.49 bits per heavy atom. The van der Waals surface area contributed by atoms with E-state index in [1.165, 1.54) is 36.1 Å². The molecular formula is C22H29N5O7S. The summed E-state index contributed by atoms with van der Waals surface area (Å²) in [6, 6.07) is 4.89. The van der Waals surface area contributed by atoms with E-state index in [0.717, 1.165) is 11.8 Å². The molecule has 2 saturated heterocycles. The van der Waals surface area contributed by atoms with E-state index in [9.17, 15) is 29.3 Å². The second kappa shape index (κ2) is 12.0. The van der Waals surface area contributed by atoms with Crippen LogP contribution in [0, 0.1) is 10.1 Å². The summed E-state index contributed by atoms with van der Waals surface area (Å²) in [4.78, 5) is 64.5. The number of non-ortho nitro benzene ring substituents is 1. The zero-order valence-corrected chi connectivity index (χ0v) is 20.3. The molecular weight excluding hydrogens is 478 g/mol. The number of likely N-dealkylation sites (tertiary alicyclic amines) is 1. The molecule has 0 unspecified atom stereocenters. The molecule has 2 aliphatic heterocycles. The number of amides is 3. The van der Waals surface area contributed by atoms with Crippen molar-refractivity contribution in [1.29, 1.82) is 0 Å². The first-order valence-corrected chi connectivity index (χ1v) is 12.2. The van der Waals surface area contributed by atoms with Gasteiger partial charge in [0.1, 0.15) is 12.6 Å². The molecule has 2 aliphatic rings. The Morgan fingerprint density at radius 1 is 1.14 bits per heavy atom. The molecule has 0 saturated carbocycles. The standard InChI is InChI=1S/C22H29N5O7S/c1-15(28)35-18-11-19(21(30)25-8-2-7-24(9-10-25)13-20(23)29)26(12-18)22(31)34-14-16-3-5-17(6-4-16)27(32)33/h3-6,18-19H,2,7-14H2,1H3,(H2,23,29)/t18-,19-/m0/s1. The number of nitro groups is 1. The Balaban J connectivity index is 1.66. The molecule has 1 aromatic rings. The van der Waals surface area contributed by atoms with E-state index >= 15 is 0 Å². The van der Waals surface area contributed by atoms with Crippen LogP contribution < -0.4 is 5.73 Å². The van der Waals surface area contributed by atoms with Crippen molar-refractivity contribution >= 4 is 40.5 Å². The molecule has 0 aromatic heterocycles. The molecule has 0 radical (unpaired) electrons. The maximum atomic E-state index is 13.4. The topological polar surface area (TPSA) is 156 Å². The molecule has 0 spiro atoms. The Bertz CT molecular complexity index is 973. The SMILES string of the molecule is CC(=O)S[C@H]1C[C@@H](C(=O)N2CCCN(CC(N)=O)CC2)N(C(=O)OCc2ccc([N+](=O)[O-])cc2)C1. The molecule has 2 N–H and O–H groups in total. The first-order valence-electron chi connectivity index (χ1n) is 11.3. The lowest BCUT2D eigenvalue weighted by atomic mass is 10.2. The Morgan fingerprint density at radius 2 is 1.86 bits per heavy atom. The number of primary amides is 1. The molecule has 13 heteroatoms. The van der Waals surface area contributed by atoms with Gasteiger partial charge in [-0.1, -0.05) is 11.8 Å². The van der Waals surface area contributed by atoms with Gasteiger partial charge in [-0.3, -0.25) is 34.3 Å². The number of nitrogens with two attached hydrogens (primary N) is 1. The molecule has 2 atom stereocenters. The fraction of sp³-hybridized carbons (Fsp3) is 0.545. The number of carbonyl (C=O) groups excluding carboxylic acids is 4. The highest BCUT2D eigenvalue weighted by Gasteiger charge is 2.43. The first kappa shape index (κ1) is 26.4. The summed E-state index contributed by atoms with van der Waals surface area (Å²) in [6.45, 7) is 3.69. The Kier molecular flexibility index (Phi) is 9.04. The van der Waals surface area contributed by atoms with Crippen LogP contribution >= 0.6 is 11.8 Å². The Labute approximate surface area is 206 Å². The van der Waals surface area contributed by atoms with E-state index < -0.39 is 23.0 Å². The lowest BCUT2D eigenvalue weighted by Gasteiger charge is -2.29. The zero-order chi connectivity index (χ0) is 25.5. The van der Waals surface area contributed by atoms with Gasteiger partial charge in [-0.25, -0.2) is 4.79 Å². The van der Waals surface area contributed by atoms with Crippen LogP contribution in [0.1, 0.15) is 25.3 Å². The maximum Gasteiger partial charge on any atom is 0.410 e. The molecule has 190 valence electrons. The summed E-state index contributed by atoms with van der Waals surface area (Å²) in [5.74, 6) is -0.642. The zero-order valence-electron chi connectivity index (χ0n) is 19.5. The third-order valence-corrected chi connectivity index (χ3v) is 6.91. The van der Waals surface area contributed by atoms with E-state index in [2.05, 4.69) is 0 Å². The first-order chi connectivity index (χ1) is 16.6. The molecule has 0 bridgehead atoms. The smallest absolute Gasteiger partial charge is 0.410 e. The minimum atomic E-state index is -0.765. The number of hydrogen-bond donors (Lipinski definition) is 1. The van der Waals surface area contributed by atoms with Gasteiger partial charge in [0, 0.05) is 57.0 Å². The van der Waals surface area contributed by atoms with Crippen LogP contribution in [-0.2, 0) is 25.7 Å². The van der Waals surface area contributed by atoms with Crippen molar-refractivity contribution in [3.05, 3.63) is 39.9 Å². The number of nitrogens with zero attached hydrogens (tertiary/aromatic N) is 4. The number of ether oxygens (including phenoxy) is 1. The molecule has 0 aliphatic carbocycles. The minimum Gasteiger partial charge on any atom is -0.445 e. The van der Waals surface area contributed by atoms with E-state index in [-0.39, 0.29) is 41.7 Å². The maximum absolute atomic E-state index is 13.4. The fourth-order valence-corrected chi connectivity index (χ4v) is 5.26. The molecule has 2 heterocycles. The van der Waals surface area contributed by atoms with Gasteiger partial charge in [0.15, 0.2) is 5.12 Å². The highest BCUT2D eigenvalue weighted by atomic mass is 32.2. The number of nitro benzene ring substituents is 1. The highest BCUT2D eigenvalue weighted by Crippen LogP contribution is 2.30. The second-order valence-corrected chi connectivity index (χ2v) is 10.0. The van der Waals surface area contributed by atoms with Gasteiger partial charge in [0.05, 0.1) is 11.5 Å². The van der Waals surface area contributed by atoms with Crippen molar-refractivity contribution < 1.29 is 28.8 Å². The van der Waals surface area contributed by atoms with Crippen LogP contribution in [0.2, 0.25) is 0 Å². The van der Waals surface area contributed by atoms with Gasteiger partial charge in [-0.15, -0.1) is 0 Å². The van der Waals surface area contributed by atoms with Gasteiger partial charge in [-0.2, -0.15) is 0 Å². The van der Waals surface area contributed by atoms with Crippen LogP contribution in [0.4, 0.5) is 10.5 Å². The molecule has 12 nitrogen and oxygen atoms in total. The van der Waals surface area contributed by atoms with Crippen molar-refractivity contribution in [3.63, 3.8) is 0 Å². The predicted molar refractivity (Wildman–Crippen MR) is 127 cm³/mol. The summed E-state index contributed by atoms with van der Waals surface area (Å²) in [6.07, 6.45) is 0.317. The van der Waals surface area contributed by atoms with Crippen molar-refractivity contribution in [3.8, 4) is 0 Å². The second-order valence-electron chi connectivity index (χ2n) is 8.53. The highest BCUT2D eigenvalue weighted by molar-refractivity contribution is 8.14. The van der Waals surface area contributed by atoms with Gasteiger partial charge in [0.25, 0.3) is 5.69 Å². The summed E-state index contributed by atoms with van der Waals surface area (Å²) >= 11 is 1.10. The summed E-state index contributed by atoms with van der Waals surface area (Å²) in [5, 5.41) is 10.5. The molecule has 3 amide bonds. The molecule has 35 heavy (non-hydrogen) atoms. The number of benzene rings is 1. The van der Waals surface area contributed by atoms with E-state index in [1.54, 1.807) is 4.90 Å². The van der Waals surface area contributed by atoms with Gasteiger partial charge < -0.3 is 15.4 Å². The predicted octanol–water partition coefficient (Wildman–Crippen LogP) is 0.974. The summed E-state index contributed by atoms with van der Waals surface area (Å²) < 4.78 is 5.41. The average molecular weight is 508 g/mol. The summed E-state index contributed by atoms with van der Waals surface area (Å²) in [5.41, 5.74) is 5.79.